The molecular formula is C39H28N6. The Labute approximate surface area is 260 Å². The number of hydrogen-bond donors (Lipinski definition) is 1. The molecule has 0 saturated carbocycles. The van der Waals surface area contributed by atoms with Gasteiger partial charge in [-0.2, -0.15) is 0 Å². The van der Waals surface area contributed by atoms with Crippen molar-refractivity contribution in [1.82, 2.24) is 24.1 Å². The Balaban J connectivity index is 0.959. The smallest absolute Gasteiger partial charge is 0.0964 e. The van der Waals surface area contributed by atoms with Gasteiger partial charge in [-0.25, -0.2) is 0 Å². The first-order chi connectivity index (χ1) is 22.3. The van der Waals surface area contributed by atoms with Gasteiger partial charge in [0, 0.05) is 47.3 Å². The van der Waals surface area contributed by atoms with E-state index in [-0.39, 0.29) is 0 Å². The fraction of sp³-hybridized carbons (Fsp3) is 0.0513. The van der Waals surface area contributed by atoms with Gasteiger partial charge in [-0.3, -0.25) is 15.0 Å². The molecule has 0 spiro atoms. The van der Waals surface area contributed by atoms with Gasteiger partial charge in [0.25, 0.3) is 0 Å². The minimum atomic E-state index is 0.840. The topological polar surface area (TPSA) is 60.6 Å². The third-order valence-electron chi connectivity index (χ3n) is 8.82. The Bertz CT molecular complexity index is 2320. The summed E-state index contributed by atoms with van der Waals surface area (Å²) in [5.74, 6) is 0. The quantitative estimate of drug-likeness (QED) is 0.221. The van der Waals surface area contributed by atoms with Gasteiger partial charge in [-0.15, -0.1) is 0 Å². The summed E-state index contributed by atoms with van der Waals surface area (Å²) in [5, 5.41) is 5.84. The van der Waals surface area contributed by atoms with Crippen LogP contribution in [-0.4, -0.2) is 30.6 Å². The van der Waals surface area contributed by atoms with Crippen LogP contribution in [0.2, 0.25) is 0 Å². The Kier molecular flexibility index (Phi) is 5.84. The van der Waals surface area contributed by atoms with Crippen molar-refractivity contribution in [2.24, 2.45) is 0 Å². The van der Waals surface area contributed by atoms with Crippen molar-refractivity contribution in [2.45, 2.75) is 6.42 Å². The molecule has 9 rings (SSSR count). The van der Waals surface area contributed by atoms with Crippen LogP contribution in [0, 0.1) is 0 Å². The van der Waals surface area contributed by atoms with Crippen LogP contribution in [0.4, 0.5) is 5.69 Å². The van der Waals surface area contributed by atoms with Crippen molar-refractivity contribution in [1.29, 1.82) is 0 Å². The zero-order valence-electron chi connectivity index (χ0n) is 24.4. The zero-order valence-corrected chi connectivity index (χ0v) is 24.4. The molecule has 3 aromatic carbocycles. The Hall–Kier alpha value is -6.01. The van der Waals surface area contributed by atoms with Crippen LogP contribution in [0.15, 0.2) is 134 Å². The average molecular weight is 581 g/mol. The van der Waals surface area contributed by atoms with E-state index in [2.05, 4.69) is 126 Å². The van der Waals surface area contributed by atoms with E-state index in [1.165, 1.54) is 39.0 Å². The van der Waals surface area contributed by atoms with Gasteiger partial charge in [0.1, 0.15) is 0 Å². The van der Waals surface area contributed by atoms with Crippen LogP contribution in [0.25, 0.3) is 61.4 Å². The molecule has 0 saturated heterocycles. The molecule has 1 aliphatic heterocycles. The minimum absolute atomic E-state index is 0.840. The van der Waals surface area contributed by atoms with Crippen molar-refractivity contribution in [3.8, 4) is 22.5 Å². The molecule has 0 atom stereocenters. The molecule has 0 bridgehead atoms. The van der Waals surface area contributed by atoms with Gasteiger partial charge in [-0.05, 0) is 83.3 Å². The van der Waals surface area contributed by atoms with Crippen LogP contribution >= 0.6 is 0 Å². The fourth-order valence-corrected chi connectivity index (χ4v) is 6.68. The van der Waals surface area contributed by atoms with Crippen molar-refractivity contribution in [3.05, 3.63) is 151 Å². The molecule has 6 heteroatoms. The molecule has 0 unspecified atom stereocenters. The van der Waals surface area contributed by atoms with Crippen LogP contribution in [0.3, 0.4) is 0 Å². The monoisotopic (exact) mass is 580 g/mol. The van der Waals surface area contributed by atoms with E-state index in [4.69, 9.17) is 0 Å². The normalized spacial score (nSPS) is 12.5. The maximum atomic E-state index is 4.64. The number of aromatic nitrogens is 5. The van der Waals surface area contributed by atoms with E-state index in [0.29, 0.717) is 0 Å². The van der Waals surface area contributed by atoms with E-state index >= 15 is 0 Å². The molecule has 5 aromatic heterocycles. The van der Waals surface area contributed by atoms with Crippen LogP contribution < -0.4 is 5.32 Å². The second-order valence-corrected chi connectivity index (χ2v) is 11.5. The van der Waals surface area contributed by atoms with Gasteiger partial charge >= 0.3 is 0 Å². The van der Waals surface area contributed by atoms with Crippen LogP contribution in [0.5, 0.6) is 0 Å². The highest BCUT2D eigenvalue weighted by atomic mass is 15.0. The zero-order chi connectivity index (χ0) is 29.7. The largest absolute Gasteiger partial charge is 0.379 e. The van der Waals surface area contributed by atoms with E-state index in [0.717, 1.165) is 51.8 Å². The SMILES string of the molecule is C1=Cc2c(c3ccncc3n2-c2ccc(-c3ccc(Cc4ccc(-n5c6cnccc6c6ncccc65)cc4)cc3)cc2)NC1. The van der Waals surface area contributed by atoms with Crippen LogP contribution in [0.1, 0.15) is 16.8 Å². The molecule has 45 heavy (non-hydrogen) atoms. The molecule has 214 valence electrons. The van der Waals surface area contributed by atoms with Crippen molar-refractivity contribution in [2.75, 3.05) is 11.9 Å². The number of rotatable bonds is 5. The third-order valence-corrected chi connectivity index (χ3v) is 8.82. The highest BCUT2D eigenvalue weighted by Crippen LogP contribution is 2.36. The summed E-state index contributed by atoms with van der Waals surface area (Å²) in [6.45, 7) is 0.840. The molecule has 1 aliphatic rings. The highest BCUT2D eigenvalue weighted by molar-refractivity contribution is 6.06. The summed E-state index contributed by atoms with van der Waals surface area (Å²) in [5.41, 5.74) is 13.8. The molecule has 6 heterocycles. The lowest BCUT2D eigenvalue weighted by atomic mass is 10.00. The lowest BCUT2D eigenvalue weighted by molar-refractivity contribution is 1.09. The van der Waals surface area contributed by atoms with Crippen molar-refractivity contribution >= 4 is 44.6 Å². The molecule has 1 N–H and O–H groups in total. The molecule has 8 aromatic rings. The first kappa shape index (κ1) is 25.5. The van der Waals surface area contributed by atoms with E-state index in [1.54, 1.807) is 0 Å². The summed E-state index contributed by atoms with van der Waals surface area (Å²) in [4.78, 5) is 13.4. The maximum absolute atomic E-state index is 4.64. The summed E-state index contributed by atoms with van der Waals surface area (Å²) < 4.78 is 4.53. The maximum Gasteiger partial charge on any atom is 0.0964 e. The Morgan fingerprint density at radius 1 is 0.600 bits per heavy atom. The number of nitrogens with one attached hydrogen (secondary N) is 1. The first-order valence-electron chi connectivity index (χ1n) is 15.2. The number of nitrogens with zero attached hydrogens (tertiary/aromatic N) is 5. The molecule has 0 amide bonds. The molecular weight excluding hydrogens is 552 g/mol. The minimum Gasteiger partial charge on any atom is -0.379 e. The van der Waals surface area contributed by atoms with Gasteiger partial charge in [-0.1, -0.05) is 54.6 Å². The second-order valence-electron chi connectivity index (χ2n) is 11.5. The third kappa shape index (κ3) is 4.22. The fourth-order valence-electron chi connectivity index (χ4n) is 6.68. The van der Waals surface area contributed by atoms with Gasteiger partial charge in [0.2, 0.25) is 0 Å². The predicted octanol–water partition coefficient (Wildman–Crippen LogP) is 8.61. The predicted molar refractivity (Wildman–Crippen MR) is 183 cm³/mol. The number of pyridine rings is 3. The van der Waals surface area contributed by atoms with Crippen molar-refractivity contribution < 1.29 is 0 Å². The first-order valence-corrected chi connectivity index (χ1v) is 15.2. The summed E-state index contributed by atoms with van der Waals surface area (Å²) in [6.07, 6.45) is 14.6. The molecule has 0 aliphatic carbocycles. The average Bonchev–Trinajstić information content (AvgIpc) is 3.62. The number of fused-ring (bicyclic) bond motifs is 6. The summed E-state index contributed by atoms with van der Waals surface area (Å²) in [7, 11) is 0. The second kappa shape index (κ2) is 10.3. The lowest BCUT2D eigenvalue weighted by Crippen LogP contribution is -2.05. The van der Waals surface area contributed by atoms with E-state index < -0.39 is 0 Å². The van der Waals surface area contributed by atoms with E-state index in [1.807, 2.05) is 43.1 Å². The number of anilines is 1. The lowest BCUT2D eigenvalue weighted by Gasteiger charge is -2.13. The molecule has 0 fully saturated rings. The Morgan fingerprint density at radius 3 is 1.98 bits per heavy atom. The summed E-state index contributed by atoms with van der Waals surface area (Å²) in [6, 6.07) is 34.8. The standard InChI is InChI=1S/C39H28N6/c1-3-34-38(42-19-1)32-17-21-40-24-36(32)44(34)30-13-7-27(8-14-30)23-26-5-9-28(10-6-26)29-11-15-31(16-12-29)45-35-4-2-20-43-39(35)33-18-22-41-25-37(33)45/h1-19,21-22,24-25,43H,20,23H2. The highest BCUT2D eigenvalue weighted by Gasteiger charge is 2.18. The molecule has 6 nitrogen and oxygen atoms in total. The Morgan fingerprint density at radius 2 is 1.22 bits per heavy atom. The summed E-state index contributed by atoms with van der Waals surface area (Å²) >= 11 is 0. The van der Waals surface area contributed by atoms with Gasteiger partial charge in [0.15, 0.2) is 0 Å². The van der Waals surface area contributed by atoms with Gasteiger partial charge < -0.3 is 14.5 Å². The van der Waals surface area contributed by atoms with Crippen LogP contribution in [-0.2, 0) is 6.42 Å². The number of benzene rings is 3. The molecule has 0 radical (unpaired) electrons. The number of hydrogen-bond acceptors (Lipinski definition) is 4. The van der Waals surface area contributed by atoms with E-state index in [9.17, 15) is 0 Å². The van der Waals surface area contributed by atoms with Gasteiger partial charge in [0.05, 0.1) is 45.8 Å². The van der Waals surface area contributed by atoms with Crippen molar-refractivity contribution in [3.63, 3.8) is 0 Å².